The summed E-state index contributed by atoms with van der Waals surface area (Å²) in [5, 5.41) is -0.587. The molecule has 0 bridgehead atoms. The SMILES string of the molecule is CCN(C)C(=O)CCNS(=O)(=O)c1ccc(Cl)c(C(F)(F)F)c1. The second-order valence-corrected chi connectivity index (χ2v) is 6.87. The molecule has 0 heterocycles. The third-order valence-electron chi connectivity index (χ3n) is 3.08. The first-order chi connectivity index (χ1) is 10.5. The van der Waals surface area contributed by atoms with E-state index in [-0.39, 0.29) is 18.9 Å². The zero-order valence-corrected chi connectivity index (χ0v) is 14.0. The monoisotopic (exact) mass is 372 g/mol. The topological polar surface area (TPSA) is 66.5 Å². The second-order valence-electron chi connectivity index (χ2n) is 4.70. The van der Waals surface area contributed by atoms with E-state index in [0.717, 1.165) is 12.1 Å². The lowest BCUT2D eigenvalue weighted by Gasteiger charge is -2.15. The summed E-state index contributed by atoms with van der Waals surface area (Å²) in [6, 6.07) is 2.31. The first-order valence-electron chi connectivity index (χ1n) is 6.59. The highest BCUT2D eigenvalue weighted by molar-refractivity contribution is 7.89. The Kier molecular flexibility index (Phi) is 6.43. The van der Waals surface area contributed by atoms with Crippen LogP contribution in [0.4, 0.5) is 13.2 Å². The molecule has 0 aliphatic carbocycles. The third-order valence-corrected chi connectivity index (χ3v) is 4.87. The van der Waals surface area contributed by atoms with E-state index in [1.54, 1.807) is 14.0 Å². The average molecular weight is 373 g/mol. The molecule has 0 fully saturated rings. The van der Waals surface area contributed by atoms with Crippen molar-refractivity contribution in [3.05, 3.63) is 28.8 Å². The summed E-state index contributed by atoms with van der Waals surface area (Å²) in [7, 11) is -2.61. The van der Waals surface area contributed by atoms with Crippen LogP contribution in [-0.4, -0.2) is 39.4 Å². The van der Waals surface area contributed by atoms with E-state index in [1.807, 2.05) is 0 Å². The summed E-state index contributed by atoms with van der Waals surface area (Å²) in [6.45, 7) is 2.02. The number of nitrogens with zero attached hydrogens (tertiary/aromatic N) is 1. The third kappa shape index (κ3) is 5.36. The van der Waals surface area contributed by atoms with E-state index in [1.165, 1.54) is 4.90 Å². The molecular formula is C13H16ClF3N2O3S. The first-order valence-corrected chi connectivity index (χ1v) is 8.45. The van der Waals surface area contributed by atoms with Crippen LogP contribution in [0, 0.1) is 0 Å². The lowest BCUT2D eigenvalue weighted by atomic mass is 10.2. The molecule has 130 valence electrons. The predicted molar refractivity (Wildman–Crippen MR) is 79.6 cm³/mol. The Morgan fingerprint density at radius 3 is 2.48 bits per heavy atom. The van der Waals surface area contributed by atoms with Crippen molar-refractivity contribution < 1.29 is 26.4 Å². The smallest absolute Gasteiger partial charge is 0.346 e. The van der Waals surface area contributed by atoms with Gasteiger partial charge in [0.05, 0.1) is 15.5 Å². The molecule has 1 amide bonds. The molecule has 1 aromatic carbocycles. The fraction of sp³-hybridized carbons (Fsp3) is 0.462. The number of amides is 1. The van der Waals surface area contributed by atoms with E-state index >= 15 is 0 Å². The standard InChI is InChI=1S/C13H16ClF3N2O3S/c1-3-19(2)12(20)6-7-18-23(21,22)9-4-5-11(14)10(8-9)13(15,16)17/h4-5,8,18H,3,6-7H2,1-2H3. The Morgan fingerprint density at radius 1 is 1.35 bits per heavy atom. The lowest BCUT2D eigenvalue weighted by molar-refractivity contribution is -0.137. The molecule has 0 aliphatic heterocycles. The van der Waals surface area contributed by atoms with Gasteiger partial charge in [0, 0.05) is 26.6 Å². The van der Waals surface area contributed by atoms with Crippen LogP contribution in [0.1, 0.15) is 18.9 Å². The minimum Gasteiger partial charge on any atom is -0.346 e. The van der Waals surface area contributed by atoms with Crippen LogP contribution in [0.15, 0.2) is 23.1 Å². The molecule has 0 saturated carbocycles. The van der Waals surface area contributed by atoms with Gasteiger partial charge in [0.15, 0.2) is 0 Å². The predicted octanol–water partition coefficient (Wildman–Crippen LogP) is 2.51. The van der Waals surface area contributed by atoms with Crippen molar-refractivity contribution in [2.24, 2.45) is 0 Å². The van der Waals surface area contributed by atoms with Gasteiger partial charge in [0.2, 0.25) is 15.9 Å². The Balaban J connectivity index is 2.87. The highest BCUT2D eigenvalue weighted by atomic mass is 35.5. The Morgan fingerprint density at radius 2 is 1.96 bits per heavy atom. The van der Waals surface area contributed by atoms with E-state index in [4.69, 9.17) is 11.6 Å². The highest BCUT2D eigenvalue weighted by Gasteiger charge is 2.34. The van der Waals surface area contributed by atoms with Crippen molar-refractivity contribution in [3.63, 3.8) is 0 Å². The fourth-order valence-corrected chi connectivity index (χ4v) is 2.91. The number of nitrogens with one attached hydrogen (secondary N) is 1. The normalized spacial score (nSPS) is 12.3. The van der Waals surface area contributed by atoms with Crippen LogP contribution in [0.25, 0.3) is 0 Å². The van der Waals surface area contributed by atoms with Crippen LogP contribution in [-0.2, 0) is 21.0 Å². The highest BCUT2D eigenvalue weighted by Crippen LogP contribution is 2.35. The molecule has 0 saturated heterocycles. The van der Waals surface area contributed by atoms with Crippen LogP contribution >= 0.6 is 11.6 Å². The Bertz CT molecular complexity index is 678. The summed E-state index contributed by atoms with van der Waals surface area (Å²) >= 11 is 5.44. The van der Waals surface area contributed by atoms with Gasteiger partial charge < -0.3 is 4.90 Å². The molecule has 0 atom stereocenters. The molecule has 1 N–H and O–H groups in total. The van der Waals surface area contributed by atoms with Crippen LogP contribution in [0.5, 0.6) is 0 Å². The maximum Gasteiger partial charge on any atom is 0.417 e. The number of benzene rings is 1. The summed E-state index contributed by atoms with van der Waals surface area (Å²) in [5.41, 5.74) is -1.23. The summed E-state index contributed by atoms with van der Waals surface area (Å²) in [4.78, 5) is 12.4. The number of carbonyl (C=O) groups is 1. The number of carbonyl (C=O) groups excluding carboxylic acids is 1. The molecule has 0 spiro atoms. The number of hydrogen-bond acceptors (Lipinski definition) is 3. The van der Waals surface area contributed by atoms with Gasteiger partial charge in [-0.15, -0.1) is 0 Å². The molecule has 5 nitrogen and oxygen atoms in total. The fourth-order valence-electron chi connectivity index (χ4n) is 1.63. The van der Waals surface area contributed by atoms with Crippen molar-refractivity contribution in [2.45, 2.75) is 24.4 Å². The first kappa shape index (κ1) is 19.7. The van der Waals surface area contributed by atoms with Gasteiger partial charge in [-0.2, -0.15) is 13.2 Å². The van der Waals surface area contributed by atoms with Gasteiger partial charge in [-0.25, -0.2) is 13.1 Å². The molecular weight excluding hydrogens is 357 g/mol. The van der Waals surface area contributed by atoms with E-state index in [0.29, 0.717) is 12.6 Å². The van der Waals surface area contributed by atoms with Gasteiger partial charge >= 0.3 is 6.18 Å². The maximum absolute atomic E-state index is 12.8. The van der Waals surface area contributed by atoms with Crippen molar-refractivity contribution in [3.8, 4) is 0 Å². The quantitative estimate of drug-likeness (QED) is 0.834. The van der Waals surface area contributed by atoms with Gasteiger partial charge in [0.25, 0.3) is 0 Å². The van der Waals surface area contributed by atoms with E-state index in [2.05, 4.69) is 4.72 Å². The Labute approximate surface area is 137 Å². The van der Waals surface area contributed by atoms with Crippen LogP contribution in [0.3, 0.4) is 0 Å². The van der Waals surface area contributed by atoms with Gasteiger partial charge in [0.1, 0.15) is 0 Å². The molecule has 0 radical (unpaired) electrons. The van der Waals surface area contributed by atoms with Gasteiger partial charge in [-0.3, -0.25) is 4.79 Å². The average Bonchev–Trinajstić information content (AvgIpc) is 2.45. The molecule has 0 aliphatic rings. The zero-order chi connectivity index (χ0) is 17.8. The minimum absolute atomic E-state index is 0.0940. The number of hydrogen-bond donors (Lipinski definition) is 1. The minimum atomic E-state index is -4.76. The maximum atomic E-state index is 12.8. The summed E-state index contributed by atoms with van der Waals surface area (Å²) in [6.07, 6.45) is -4.86. The molecule has 0 unspecified atom stereocenters. The molecule has 10 heteroatoms. The zero-order valence-electron chi connectivity index (χ0n) is 12.4. The van der Waals surface area contributed by atoms with Gasteiger partial charge in [-0.05, 0) is 25.1 Å². The van der Waals surface area contributed by atoms with Crippen LogP contribution in [0.2, 0.25) is 5.02 Å². The number of rotatable bonds is 6. The second kappa shape index (κ2) is 7.50. The molecule has 1 rings (SSSR count). The van der Waals surface area contributed by atoms with E-state index < -0.39 is 31.7 Å². The van der Waals surface area contributed by atoms with Crippen molar-refractivity contribution in [1.82, 2.24) is 9.62 Å². The largest absolute Gasteiger partial charge is 0.417 e. The van der Waals surface area contributed by atoms with Gasteiger partial charge in [-0.1, -0.05) is 11.6 Å². The van der Waals surface area contributed by atoms with Crippen molar-refractivity contribution >= 4 is 27.5 Å². The lowest BCUT2D eigenvalue weighted by Crippen LogP contribution is -2.32. The summed E-state index contributed by atoms with van der Waals surface area (Å²) < 4.78 is 64.3. The molecule has 0 aromatic heterocycles. The Hall–Kier alpha value is -1.32. The van der Waals surface area contributed by atoms with Crippen molar-refractivity contribution in [1.29, 1.82) is 0 Å². The summed E-state index contributed by atoms with van der Waals surface area (Å²) in [5.74, 6) is -0.276. The number of halogens is 4. The molecule has 1 aromatic rings. The van der Waals surface area contributed by atoms with E-state index in [9.17, 15) is 26.4 Å². The number of sulfonamides is 1. The molecule has 23 heavy (non-hydrogen) atoms. The van der Waals surface area contributed by atoms with Crippen LogP contribution < -0.4 is 4.72 Å². The van der Waals surface area contributed by atoms with Crippen molar-refractivity contribution in [2.75, 3.05) is 20.1 Å². The number of alkyl halides is 3.